The molecule has 0 fully saturated rings. The van der Waals surface area contributed by atoms with E-state index in [1.54, 1.807) is 7.11 Å². The predicted octanol–water partition coefficient (Wildman–Crippen LogP) is 4.44. The van der Waals surface area contributed by atoms with E-state index < -0.39 is 0 Å². The Kier molecular flexibility index (Phi) is 5.28. The third-order valence-corrected chi connectivity index (χ3v) is 3.71. The van der Waals surface area contributed by atoms with Crippen LogP contribution >= 0.6 is 31.9 Å². The highest BCUT2D eigenvalue weighted by atomic mass is 79.9. The van der Waals surface area contributed by atoms with Gasteiger partial charge in [0.25, 0.3) is 0 Å². The lowest BCUT2D eigenvalue weighted by Gasteiger charge is -2.23. The summed E-state index contributed by atoms with van der Waals surface area (Å²) in [5, 5.41) is 3.39. The quantitative estimate of drug-likeness (QED) is 0.847. The average molecular weight is 351 g/mol. The van der Waals surface area contributed by atoms with E-state index in [0.717, 1.165) is 27.6 Å². The molecule has 1 aromatic rings. The molecule has 0 radical (unpaired) electrons. The number of rotatable bonds is 5. The van der Waals surface area contributed by atoms with Gasteiger partial charge in [-0.05, 0) is 54.4 Å². The average Bonchev–Trinajstić information content (AvgIpc) is 2.23. The maximum atomic E-state index is 5.37. The SMILES string of the molecule is COC(C)(C)CCNc1cc(Br)ccc1Br. The Morgan fingerprint density at radius 3 is 2.62 bits per heavy atom. The van der Waals surface area contributed by atoms with Crippen molar-refractivity contribution in [1.29, 1.82) is 0 Å². The van der Waals surface area contributed by atoms with Crippen LogP contribution in [0, 0.1) is 0 Å². The van der Waals surface area contributed by atoms with Crippen LogP contribution in [0.4, 0.5) is 5.69 Å². The number of benzene rings is 1. The number of ether oxygens (including phenoxy) is 1. The number of halogens is 2. The zero-order valence-corrected chi connectivity index (χ0v) is 13.0. The molecular weight excluding hydrogens is 334 g/mol. The molecule has 0 aliphatic heterocycles. The van der Waals surface area contributed by atoms with Gasteiger partial charge in [-0.3, -0.25) is 0 Å². The molecule has 0 aliphatic carbocycles. The van der Waals surface area contributed by atoms with Gasteiger partial charge in [-0.15, -0.1) is 0 Å². The Bertz CT molecular complexity index is 353. The van der Waals surface area contributed by atoms with Crippen LogP contribution < -0.4 is 5.32 Å². The number of methoxy groups -OCH3 is 1. The minimum atomic E-state index is -0.0779. The van der Waals surface area contributed by atoms with Gasteiger partial charge < -0.3 is 10.1 Å². The van der Waals surface area contributed by atoms with E-state index in [1.807, 2.05) is 12.1 Å². The van der Waals surface area contributed by atoms with Crippen LogP contribution in [0.1, 0.15) is 20.3 Å². The molecule has 1 rings (SSSR count). The van der Waals surface area contributed by atoms with E-state index in [1.165, 1.54) is 0 Å². The first-order valence-electron chi connectivity index (χ1n) is 5.19. The molecule has 90 valence electrons. The van der Waals surface area contributed by atoms with Gasteiger partial charge in [0.2, 0.25) is 0 Å². The Morgan fingerprint density at radius 1 is 1.31 bits per heavy atom. The standard InChI is InChI=1S/C12H17Br2NO/c1-12(2,16-3)6-7-15-11-8-9(13)4-5-10(11)14/h4-5,8,15H,6-7H2,1-3H3. The highest BCUT2D eigenvalue weighted by Crippen LogP contribution is 2.26. The molecular formula is C12H17Br2NO. The first kappa shape index (κ1) is 14.0. The lowest BCUT2D eigenvalue weighted by Crippen LogP contribution is -2.25. The van der Waals surface area contributed by atoms with Crippen molar-refractivity contribution < 1.29 is 4.74 Å². The first-order valence-corrected chi connectivity index (χ1v) is 6.77. The molecule has 16 heavy (non-hydrogen) atoms. The van der Waals surface area contributed by atoms with E-state index in [-0.39, 0.29) is 5.60 Å². The summed E-state index contributed by atoms with van der Waals surface area (Å²) in [5.74, 6) is 0. The van der Waals surface area contributed by atoms with Gasteiger partial charge in [0.05, 0.1) is 5.60 Å². The summed E-state index contributed by atoms with van der Waals surface area (Å²) >= 11 is 6.97. The van der Waals surface area contributed by atoms with Crippen LogP contribution in [0.2, 0.25) is 0 Å². The minimum absolute atomic E-state index is 0.0779. The number of hydrogen-bond acceptors (Lipinski definition) is 2. The fourth-order valence-corrected chi connectivity index (χ4v) is 1.98. The lowest BCUT2D eigenvalue weighted by molar-refractivity contribution is 0.0185. The van der Waals surface area contributed by atoms with Gasteiger partial charge in [-0.25, -0.2) is 0 Å². The first-order chi connectivity index (χ1) is 7.44. The topological polar surface area (TPSA) is 21.3 Å². The van der Waals surface area contributed by atoms with Gasteiger partial charge in [-0.2, -0.15) is 0 Å². The Morgan fingerprint density at radius 2 is 2.00 bits per heavy atom. The largest absolute Gasteiger partial charge is 0.384 e. The van der Waals surface area contributed by atoms with Crippen LogP contribution in [0.3, 0.4) is 0 Å². The molecule has 0 saturated heterocycles. The van der Waals surface area contributed by atoms with Crippen molar-refractivity contribution in [3.8, 4) is 0 Å². The zero-order valence-electron chi connectivity index (χ0n) is 9.81. The van der Waals surface area contributed by atoms with Crippen molar-refractivity contribution in [3.63, 3.8) is 0 Å². The number of anilines is 1. The lowest BCUT2D eigenvalue weighted by atomic mass is 10.1. The molecule has 0 spiro atoms. The van der Waals surface area contributed by atoms with Crippen molar-refractivity contribution in [2.24, 2.45) is 0 Å². The van der Waals surface area contributed by atoms with E-state index in [4.69, 9.17) is 4.74 Å². The zero-order chi connectivity index (χ0) is 12.2. The second kappa shape index (κ2) is 6.03. The summed E-state index contributed by atoms with van der Waals surface area (Å²) in [6.45, 7) is 5.06. The molecule has 0 atom stereocenters. The van der Waals surface area contributed by atoms with Crippen molar-refractivity contribution in [1.82, 2.24) is 0 Å². The van der Waals surface area contributed by atoms with Gasteiger partial charge in [-0.1, -0.05) is 15.9 Å². The fourth-order valence-electron chi connectivity index (χ4n) is 1.23. The Hall–Kier alpha value is -0.0600. The summed E-state index contributed by atoms with van der Waals surface area (Å²) in [4.78, 5) is 0. The predicted molar refractivity (Wildman–Crippen MR) is 76.0 cm³/mol. The molecule has 1 N–H and O–H groups in total. The molecule has 0 aliphatic rings. The Balaban J connectivity index is 2.52. The van der Waals surface area contributed by atoms with Crippen molar-refractivity contribution in [3.05, 3.63) is 27.1 Å². The molecule has 0 amide bonds. The van der Waals surface area contributed by atoms with Gasteiger partial charge in [0.15, 0.2) is 0 Å². The van der Waals surface area contributed by atoms with E-state index in [0.29, 0.717) is 0 Å². The Labute approximate surface area is 114 Å². The number of hydrogen-bond donors (Lipinski definition) is 1. The van der Waals surface area contributed by atoms with Crippen LogP contribution in [0.5, 0.6) is 0 Å². The highest BCUT2D eigenvalue weighted by Gasteiger charge is 2.15. The van der Waals surface area contributed by atoms with E-state index in [9.17, 15) is 0 Å². The molecule has 0 saturated carbocycles. The highest BCUT2D eigenvalue weighted by molar-refractivity contribution is 9.11. The summed E-state index contributed by atoms with van der Waals surface area (Å²) in [6, 6.07) is 6.09. The van der Waals surface area contributed by atoms with E-state index in [2.05, 4.69) is 57.1 Å². The van der Waals surface area contributed by atoms with Gasteiger partial charge >= 0.3 is 0 Å². The minimum Gasteiger partial charge on any atom is -0.384 e. The van der Waals surface area contributed by atoms with E-state index >= 15 is 0 Å². The third kappa shape index (κ3) is 4.44. The van der Waals surface area contributed by atoms with Gasteiger partial charge in [0.1, 0.15) is 0 Å². The normalized spacial score (nSPS) is 11.6. The van der Waals surface area contributed by atoms with Crippen LogP contribution in [-0.2, 0) is 4.74 Å². The molecule has 4 heteroatoms. The maximum absolute atomic E-state index is 5.37. The molecule has 0 bridgehead atoms. The second-order valence-corrected chi connectivity index (χ2v) is 6.03. The molecule has 0 aromatic heterocycles. The summed E-state index contributed by atoms with van der Waals surface area (Å²) in [6.07, 6.45) is 0.961. The van der Waals surface area contributed by atoms with Crippen LogP contribution in [-0.4, -0.2) is 19.3 Å². The fraction of sp³-hybridized carbons (Fsp3) is 0.500. The summed E-state index contributed by atoms with van der Waals surface area (Å²) < 4.78 is 7.52. The van der Waals surface area contributed by atoms with Crippen LogP contribution in [0.25, 0.3) is 0 Å². The summed E-state index contributed by atoms with van der Waals surface area (Å²) in [7, 11) is 1.75. The van der Waals surface area contributed by atoms with Crippen LogP contribution in [0.15, 0.2) is 27.1 Å². The van der Waals surface area contributed by atoms with Crippen molar-refractivity contribution >= 4 is 37.5 Å². The van der Waals surface area contributed by atoms with Crippen molar-refractivity contribution in [2.45, 2.75) is 25.9 Å². The van der Waals surface area contributed by atoms with Gasteiger partial charge in [0, 0.05) is 28.3 Å². The molecule has 0 unspecified atom stereocenters. The monoisotopic (exact) mass is 349 g/mol. The maximum Gasteiger partial charge on any atom is 0.0639 e. The third-order valence-electron chi connectivity index (χ3n) is 2.52. The van der Waals surface area contributed by atoms with Crippen molar-refractivity contribution in [2.75, 3.05) is 19.0 Å². The number of nitrogens with one attached hydrogen (secondary N) is 1. The molecule has 2 nitrogen and oxygen atoms in total. The molecule has 1 aromatic carbocycles. The second-order valence-electron chi connectivity index (χ2n) is 4.26. The molecule has 0 heterocycles. The smallest absolute Gasteiger partial charge is 0.0639 e. The summed E-state index contributed by atoms with van der Waals surface area (Å²) in [5.41, 5.74) is 1.02.